The van der Waals surface area contributed by atoms with E-state index >= 15 is 0 Å². The molecule has 202 valence electrons. The molecule has 0 bridgehead atoms. The van der Waals surface area contributed by atoms with E-state index in [1.807, 2.05) is 45.9 Å². The van der Waals surface area contributed by atoms with E-state index in [9.17, 15) is 22.8 Å². The first-order valence-corrected chi connectivity index (χ1v) is 13.6. The van der Waals surface area contributed by atoms with Crippen LogP contribution < -0.4 is 5.56 Å². The number of thiazole rings is 1. The van der Waals surface area contributed by atoms with E-state index in [1.165, 1.54) is 23.5 Å². The Morgan fingerprint density at radius 2 is 1.64 bits per heavy atom. The molecule has 39 heavy (non-hydrogen) atoms. The second kappa shape index (κ2) is 9.79. The summed E-state index contributed by atoms with van der Waals surface area (Å²) in [4.78, 5) is 32.0. The summed E-state index contributed by atoms with van der Waals surface area (Å²) in [7, 11) is 0. The number of alkyl halides is 3. The van der Waals surface area contributed by atoms with Gasteiger partial charge in [-0.15, -0.1) is 11.3 Å². The van der Waals surface area contributed by atoms with Gasteiger partial charge in [-0.05, 0) is 56.0 Å². The maximum absolute atomic E-state index is 14.2. The largest absolute Gasteiger partial charge is 0.456 e. The molecule has 0 saturated heterocycles. The highest BCUT2D eigenvalue weighted by atomic mass is 32.1. The number of ether oxygens (including phenoxy) is 1. The third kappa shape index (κ3) is 4.91. The van der Waals surface area contributed by atoms with Gasteiger partial charge in [-0.1, -0.05) is 44.2 Å². The summed E-state index contributed by atoms with van der Waals surface area (Å²) in [6, 6.07) is 12.2. The van der Waals surface area contributed by atoms with Crippen LogP contribution in [0.25, 0.3) is 27.5 Å². The molecule has 0 N–H and O–H groups in total. The number of nitrogens with zero attached hydrogens (tertiary/aromatic N) is 2. The molecule has 5 rings (SSSR count). The van der Waals surface area contributed by atoms with Gasteiger partial charge in [-0.25, -0.2) is 9.78 Å². The number of cyclic esters (lactones) is 1. The smallest absolute Gasteiger partial charge is 0.416 e. The minimum absolute atomic E-state index is 0.238. The summed E-state index contributed by atoms with van der Waals surface area (Å²) in [5, 5.41) is 2.07. The van der Waals surface area contributed by atoms with Gasteiger partial charge in [0.15, 0.2) is 0 Å². The summed E-state index contributed by atoms with van der Waals surface area (Å²) >= 11 is 1.20. The van der Waals surface area contributed by atoms with Crippen LogP contribution in [0.5, 0.6) is 0 Å². The van der Waals surface area contributed by atoms with Gasteiger partial charge in [0.2, 0.25) is 0 Å². The Labute approximate surface area is 227 Å². The monoisotopic (exact) mass is 552 g/mol. The van der Waals surface area contributed by atoms with E-state index in [0.717, 1.165) is 28.9 Å². The van der Waals surface area contributed by atoms with Crippen LogP contribution in [0.4, 0.5) is 13.2 Å². The molecule has 1 aliphatic heterocycles. The zero-order chi connectivity index (χ0) is 28.1. The summed E-state index contributed by atoms with van der Waals surface area (Å²) < 4.78 is 46.4. The highest BCUT2D eigenvalue weighted by molar-refractivity contribution is 7.13. The Morgan fingerprint density at radius 1 is 1.00 bits per heavy atom. The van der Waals surface area contributed by atoms with Crippen molar-refractivity contribution in [2.45, 2.75) is 58.7 Å². The topological polar surface area (TPSA) is 61.2 Å². The number of para-hydroxylation sites is 1. The molecule has 0 unspecified atom stereocenters. The molecule has 3 heterocycles. The van der Waals surface area contributed by atoms with Crippen molar-refractivity contribution in [3.05, 3.63) is 92.2 Å². The summed E-state index contributed by atoms with van der Waals surface area (Å²) in [6.07, 6.45) is -2.69. The number of hydrogen-bond acceptors (Lipinski definition) is 5. The number of benzene rings is 2. The lowest BCUT2D eigenvalue weighted by molar-refractivity contribution is -0.137. The number of hydrogen-bond donors (Lipinski definition) is 0. The molecule has 0 saturated carbocycles. The maximum atomic E-state index is 14.2. The average molecular weight is 553 g/mol. The first kappa shape index (κ1) is 26.9. The second-order valence-corrected chi connectivity index (χ2v) is 11.0. The fourth-order valence-corrected chi connectivity index (χ4v) is 5.84. The number of aryl methyl sites for hydroxylation is 2. The maximum Gasteiger partial charge on any atom is 0.416 e. The van der Waals surface area contributed by atoms with E-state index < -0.39 is 23.3 Å². The van der Waals surface area contributed by atoms with Crippen LogP contribution in [0.15, 0.2) is 58.7 Å². The Balaban J connectivity index is 1.72. The fraction of sp³-hybridized carbons (Fsp3) is 0.300. The van der Waals surface area contributed by atoms with Crippen molar-refractivity contribution in [2.24, 2.45) is 0 Å². The SMILES string of the molecule is CCc1cccc(CC)c1-n1c2c(cc(-c3nc(-c4ccc(C(F)(F)F)cc4)cs3)c1=O)C(=O)OC(C)(C)C2. The Morgan fingerprint density at radius 3 is 2.23 bits per heavy atom. The predicted octanol–water partition coefficient (Wildman–Crippen LogP) is 7.26. The molecule has 0 amide bonds. The van der Waals surface area contributed by atoms with E-state index in [-0.39, 0.29) is 11.1 Å². The van der Waals surface area contributed by atoms with Crippen LogP contribution in [0.3, 0.4) is 0 Å². The normalized spacial score (nSPS) is 14.7. The summed E-state index contributed by atoms with van der Waals surface area (Å²) in [5.74, 6) is -0.511. The summed E-state index contributed by atoms with van der Waals surface area (Å²) in [6.45, 7) is 7.68. The second-order valence-electron chi connectivity index (χ2n) is 10.1. The number of rotatable bonds is 5. The van der Waals surface area contributed by atoms with E-state index in [4.69, 9.17) is 4.74 Å². The van der Waals surface area contributed by atoms with Gasteiger partial charge in [0.25, 0.3) is 5.56 Å². The van der Waals surface area contributed by atoms with Crippen LogP contribution in [0, 0.1) is 0 Å². The first-order chi connectivity index (χ1) is 18.4. The van der Waals surface area contributed by atoms with Gasteiger partial charge in [-0.3, -0.25) is 9.36 Å². The Kier molecular flexibility index (Phi) is 6.74. The molecule has 0 atom stereocenters. The molecule has 5 nitrogen and oxygen atoms in total. The molecule has 0 fully saturated rings. The lowest BCUT2D eigenvalue weighted by Gasteiger charge is -2.33. The Bertz CT molecular complexity index is 1610. The quantitative estimate of drug-likeness (QED) is 0.245. The molecule has 0 radical (unpaired) electrons. The van der Waals surface area contributed by atoms with Gasteiger partial charge >= 0.3 is 12.1 Å². The highest BCUT2D eigenvalue weighted by Crippen LogP contribution is 2.35. The third-order valence-corrected chi connectivity index (χ3v) is 7.79. The lowest BCUT2D eigenvalue weighted by Crippen LogP contribution is -2.40. The third-order valence-electron chi connectivity index (χ3n) is 6.92. The van der Waals surface area contributed by atoms with Crippen molar-refractivity contribution >= 4 is 17.3 Å². The zero-order valence-electron chi connectivity index (χ0n) is 22.0. The minimum Gasteiger partial charge on any atom is -0.456 e. The molecule has 0 spiro atoms. The standard InChI is InChI=1S/C30H27F3N2O3S/c1-5-17-8-7-9-18(6-2)25(17)35-24-15-29(3,4)38-28(37)21(24)14-22(27(35)36)26-34-23(16-39-26)19-10-12-20(13-11-19)30(31,32)33/h7-14,16H,5-6,15H2,1-4H3. The minimum atomic E-state index is -4.44. The van der Waals surface area contributed by atoms with E-state index in [2.05, 4.69) is 4.98 Å². The van der Waals surface area contributed by atoms with Crippen molar-refractivity contribution in [1.29, 1.82) is 0 Å². The number of carbonyl (C=O) groups excluding carboxylic acids is 1. The van der Waals surface area contributed by atoms with Crippen molar-refractivity contribution in [1.82, 2.24) is 9.55 Å². The highest BCUT2D eigenvalue weighted by Gasteiger charge is 2.37. The average Bonchev–Trinajstić information content (AvgIpc) is 3.37. The van der Waals surface area contributed by atoms with E-state index in [1.54, 1.807) is 16.0 Å². The molecule has 9 heteroatoms. The van der Waals surface area contributed by atoms with Gasteiger partial charge in [0, 0.05) is 23.1 Å². The van der Waals surface area contributed by atoms with Crippen LogP contribution in [-0.2, 0) is 30.2 Å². The van der Waals surface area contributed by atoms with Crippen molar-refractivity contribution in [3.63, 3.8) is 0 Å². The van der Waals surface area contributed by atoms with Gasteiger partial charge in [-0.2, -0.15) is 13.2 Å². The molecular weight excluding hydrogens is 525 g/mol. The van der Waals surface area contributed by atoms with Gasteiger partial charge in [0.05, 0.1) is 28.1 Å². The first-order valence-electron chi connectivity index (χ1n) is 12.7. The summed E-state index contributed by atoms with van der Waals surface area (Å²) in [5.41, 5.74) is 2.98. The van der Waals surface area contributed by atoms with Crippen molar-refractivity contribution in [2.75, 3.05) is 0 Å². The number of pyridine rings is 1. The molecule has 1 aliphatic rings. The van der Waals surface area contributed by atoms with E-state index in [0.29, 0.717) is 46.8 Å². The van der Waals surface area contributed by atoms with Crippen LogP contribution in [0.1, 0.15) is 60.4 Å². The van der Waals surface area contributed by atoms with Crippen LogP contribution in [0.2, 0.25) is 0 Å². The number of esters is 1. The van der Waals surface area contributed by atoms with Crippen LogP contribution in [-0.4, -0.2) is 21.1 Å². The molecular formula is C30H27F3N2O3S. The lowest BCUT2D eigenvalue weighted by atomic mass is 9.93. The Hall–Kier alpha value is -3.72. The van der Waals surface area contributed by atoms with Crippen molar-refractivity contribution in [3.8, 4) is 27.5 Å². The van der Waals surface area contributed by atoms with Gasteiger partial charge < -0.3 is 4.74 Å². The fourth-order valence-electron chi connectivity index (χ4n) is 5.00. The molecule has 0 aliphatic carbocycles. The van der Waals surface area contributed by atoms with Crippen LogP contribution >= 0.6 is 11.3 Å². The number of fused-ring (bicyclic) bond motifs is 1. The number of aromatic nitrogens is 2. The predicted molar refractivity (Wildman–Crippen MR) is 146 cm³/mol. The van der Waals surface area contributed by atoms with Gasteiger partial charge in [0.1, 0.15) is 10.6 Å². The van der Waals surface area contributed by atoms with Crippen molar-refractivity contribution < 1.29 is 22.7 Å². The number of halogens is 3. The molecule has 4 aromatic rings. The molecule has 2 aromatic heterocycles. The number of carbonyl (C=O) groups is 1. The zero-order valence-corrected chi connectivity index (χ0v) is 22.8. The molecule has 2 aromatic carbocycles.